The first kappa shape index (κ1) is 29.1. The van der Waals surface area contributed by atoms with Crippen LogP contribution in [0.2, 0.25) is 0 Å². The number of ether oxygens (including phenoxy) is 3. The number of nitrogens with zero attached hydrogens (tertiary/aromatic N) is 3. The quantitative estimate of drug-likeness (QED) is 0.279. The maximum absolute atomic E-state index is 13.9. The molecule has 1 aromatic heterocycles. The second-order valence-corrected chi connectivity index (χ2v) is 10.7. The molecule has 3 aromatic rings. The first-order valence-electron chi connectivity index (χ1n) is 14.0. The first-order chi connectivity index (χ1) is 19.3. The zero-order chi connectivity index (χ0) is 28.6. The fraction of sp³-hybridized carbons (Fsp3) is 0.438. The van der Waals surface area contributed by atoms with Gasteiger partial charge >= 0.3 is 0 Å². The number of carbonyl (C=O) groups excluding carboxylic acids is 2. The van der Waals surface area contributed by atoms with Crippen LogP contribution in [0.15, 0.2) is 60.8 Å². The summed E-state index contributed by atoms with van der Waals surface area (Å²) in [6.45, 7) is 10.2. The fourth-order valence-electron chi connectivity index (χ4n) is 4.73. The van der Waals surface area contributed by atoms with Gasteiger partial charge in [-0.2, -0.15) is 0 Å². The van der Waals surface area contributed by atoms with Gasteiger partial charge < -0.3 is 28.6 Å². The van der Waals surface area contributed by atoms with Crippen molar-refractivity contribution in [3.63, 3.8) is 0 Å². The Morgan fingerprint density at radius 1 is 1.02 bits per heavy atom. The first-order valence-corrected chi connectivity index (χ1v) is 14.0. The Kier molecular flexibility index (Phi) is 9.74. The van der Waals surface area contributed by atoms with Crippen molar-refractivity contribution in [1.29, 1.82) is 0 Å². The molecule has 1 unspecified atom stereocenters. The lowest BCUT2D eigenvalue weighted by molar-refractivity contribution is -0.134. The SMILES string of the molecule is CCC(C)N(Cc1cccn1Cc1cccc(OC)c1)C(=O)CN(CCC(C)C)C(=O)c1ccc2c(c1)OCO2. The smallest absolute Gasteiger partial charge is 0.254 e. The molecular formula is C32H41N3O5. The summed E-state index contributed by atoms with van der Waals surface area (Å²) in [6, 6.07) is 17.3. The third-order valence-electron chi connectivity index (χ3n) is 7.40. The standard InChI is InChI=1S/C32H41N3O5/c1-6-24(4)35(20-27-10-8-15-33(27)19-25-9-7-11-28(17-25)38-5)31(36)21-34(16-14-23(2)3)32(37)26-12-13-29-30(18-26)40-22-39-29/h7-13,15,17-18,23-24H,6,14,16,19-22H2,1-5H3. The number of benzene rings is 2. The Balaban J connectivity index is 1.52. The molecule has 4 rings (SSSR count). The van der Waals surface area contributed by atoms with E-state index in [0.29, 0.717) is 42.6 Å². The fourth-order valence-corrected chi connectivity index (χ4v) is 4.73. The normalized spacial score (nSPS) is 12.8. The molecule has 0 saturated heterocycles. The molecule has 1 aliphatic rings. The van der Waals surface area contributed by atoms with Crippen LogP contribution in [0.25, 0.3) is 0 Å². The van der Waals surface area contributed by atoms with E-state index in [9.17, 15) is 9.59 Å². The van der Waals surface area contributed by atoms with E-state index >= 15 is 0 Å². The Bertz CT molecular complexity index is 1300. The molecule has 214 valence electrons. The second kappa shape index (κ2) is 13.4. The molecule has 0 radical (unpaired) electrons. The minimum atomic E-state index is -0.183. The van der Waals surface area contributed by atoms with Crippen LogP contribution < -0.4 is 14.2 Å². The van der Waals surface area contributed by atoms with Gasteiger partial charge in [-0.1, -0.05) is 32.9 Å². The zero-order valence-electron chi connectivity index (χ0n) is 24.3. The highest BCUT2D eigenvalue weighted by Gasteiger charge is 2.27. The average molecular weight is 548 g/mol. The van der Waals surface area contributed by atoms with Gasteiger partial charge in [-0.15, -0.1) is 0 Å². The monoisotopic (exact) mass is 547 g/mol. The van der Waals surface area contributed by atoms with E-state index in [-0.39, 0.29) is 31.2 Å². The van der Waals surface area contributed by atoms with Crippen molar-refractivity contribution >= 4 is 11.8 Å². The molecule has 8 nitrogen and oxygen atoms in total. The predicted octanol–water partition coefficient (Wildman–Crippen LogP) is 5.59. The molecule has 8 heteroatoms. The van der Waals surface area contributed by atoms with E-state index < -0.39 is 0 Å². The van der Waals surface area contributed by atoms with Gasteiger partial charge in [-0.3, -0.25) is 9.59 Å². The van der Waals surface area contributed by atoms with Crippen LogP contribution in [0.3, 0.4) is 0 Å². The number of rotatable bonds is 13. The van der Waals surface area contributed by atoms with Crippen LogP contribution in [0.5, 0.6) is 17.2 Å². The van der Waals surface area contributed by atoms with Gasteiger partial charge in [-0.05, 0) is 73.7 Å². The molecule has 2 heterocycles. The predicted molar refractivity (Wildman–Crippen MR) is 155 cm³/mol. The summed E-state index contributed by atoms with van der Waals surface area (Å²) in [4.78, 5) is 31.1. The number of methoxy groups -OCH3 is 1. The van der Waals surface area contributed by atoms with Crippen LogP contribution in [0, 0.1) is 5.92 Å². The third-order valence-corrected chi connectivity index (χ3v) is 7.40. The summed E-state index contributed by atoms with van der Waals surface area (Å²) in [7, 11) is 1.66. The molecule has 0 spiro atoms. The van der Waals surface area contributed by atoms with Crippen LogP contribution in [-0.2, 0) is 17.9 Å². The number of aromatic nitrogens is 1. The van der Waals surface area contributed by atoms with Gasteiger partial charge in [0.15, 0.2) is 11.5 Å². The minimum Gasteiger partial charge on any atom is -0.497 e. The molecule has 1 aliphatic heterocycles. The molecule has 2 aromatic carbocycles. The lowest BCUT2D eigenvalue weighted by atomic mass is 10.1. The van der Waals surface area contributed by atoms with E-state index in [1.807, 2.05) is 35.4 Å². The Hall–Kier alpha value is -3.94. The summed E-state index contributed by atoms with van der Waals surface area (Å²) < 4.78 is 18.4. The Morgan fingerprint density at radius 3 is 2.58 bits per heavy atom. The highest BCUT2D eigenvalue weighted by molar-refractivity contribution is 5.97. The topological polar surface area (TPSA) is 73.2 Å². The van der Waals surface area contributed by atoms with E-state index in [4.69, 9.17) is 14.2 Å². The van der Waals surface area contributed by atoms with Crippen LogP contribution in [0.4, 0.5) is 0 Å². The summed E-state index contributed by atoms with van der Waals surface area (Å²) >= 11 is 0. The van der Waals surface area contributed by atoms with Gasteiger partial charge in [0, 0.05) is 36.6 Å². The minimum absolute atomic E-state index is 0.0141. The number of amides is 2. The second-order valence-electron chi connectivity index (χ2n) is 10.7. The van der Waals surface area contributed by atoms with E-state index in [2.05, 4.69) is 44.4 Å². The van der Waals surface area contributed by atoms with Crippen molar-refractivity contribution in [2.75, 3.05) is 27.0 Å². The van der Waals surface area contributed by atoms with Gasteiger partial charge in [0.2, 0.25) is 12.7 Å². The number of fused-ring (bicyclic) bond motifs is 1. The van der Waals surface area contributed by atoms with E-state index in [1.165, 1.54) is 0 Å². The lowest BCUT2D eigenvalue weighted by Crippen LogP contribution is -2.46. The summed E-state index contributed by atoms with van der Waals surface area (Å²) in [6.07, 6.45) is 3.65. The number of hydrogen-bond donors (Lipinski definition) is 0. The van der Waals surface area contributed by atoms with Gasteiger partial charge in [0.1, 0.15) is 12.3 Å². The third kappa shape index (κ3) is 7.17. The molecule has 1 atom stereocenters. The highest BCUT2D eigenvalue weighted by Crippen LogP contribution is 2.33. The summed E-state index contributed by atoms with van der Waals surface area (Å²) in [5.41, 5.74) is 2.64. The molecule has 0 saturated carbocycles. The van der Waals surface area contributed by atoms with Crippen LogP contribution in [-0.4, -0.2) is 59.2 Å². The van der Waals surface area contributed by atoms with Crippen LogP contribution in [0.1, 0.15) is 62.2 Å². The average Bonchev–Trinajstić information content (AvgIpc) is 3.61. The molecule has 2 amide bonds. The zero-order valence-corrected chi connectivity index (χ0v) is 24.3. The lowest BCUT2D eigenvalue weighted by Gasteiger charge is -2.32. The Labute approximate surface area is 237 Å². The number of carbonyl (C=O) groups is 2. The van der Waals surface area contributed by atoms with Gasteiger partial charge in [-0.25, -0.2) is 0 Å². The molecule has 0 N–H and O–H groups in total. The van der Waals surface area contributed by atoms with E-state index in [1.54, 1.807) is 30.2 Å². The summed E-state index contributed by atoms with van der Waals surface area (Å²) in [5, 5.41) is 0. The highest BCUT2D eigenvalue weighted by atomic mass is 16.7. The molecule has 40 heavy (non-hydrogen) atoms. The van der Waals surface area contributed by atoms with Crippen molar-refractivity contribution < 1.29 is 23.8 Å². The van der Waals surface area contributed by atoms with E-state index in [0.717, 1.165) is 29.8 Å². The molecule has 0 aliphatic carbocycles. The van der Waals surface area contributed by atoms with Crippen LogP contribution >= 0.6 is 0 Å². The molecular weight excluding hydrogens is 506 g/mol. The van der Waals surface area contributed by atoms with Crippen molar-refractivity contribution in [2.45, 2.75) is 59.7 Å². The molecule has 0 bridgehead atoms. The largest absolute Gasteiger partial charge is 0.497 e. The van der Waals surface area contributed by atoms with Crippen molar-refractivity contribution in [3.8, 4) is 17.2 Å². The maximum Gasteiger partial charge on any atom is 0.254 e. The maximum atomic E-state index is 13.9. The van der Waals surface area contributed by atoms with Crippen molar-refractivity contribution in [2.24, 2.45) is 5.92 Å². The van der Waals surface area contributed by atoms with Gasteiger partial charge in [0.05, 0.1) is 13.7 Å². The molecule has 0 fully saturated rings. The number of hydrogen-bond acceptors (Lipinski definition) is 5. The Morgan fingerprint density at radius 2 is 1.82 bits per heavy atom. The van der Waals surface area contributed by atoms with Gasteiger partial charge in [0.25, 0.3) is 5.91 Å². The summed E-state index contributed by atoms with van der Waals surface area (Å²) in [5.74, 6) is 2.14. The van der Waals surface area contributed by atoms with Crippen molar-refractivity contribution in [3.05, 3.63) is 77.6 Å². The van der Waals surface area contributed by atoms with Crippen molar-refractivity contribution in [1.82, 2.24) is 14.4 Å².